The molecule has 7 nitrogen and oxygen atoms in total. The molecule has 0 spiro atoms. The number of nitrogens with zero attached hydrogens (tertiary/aromatic N) is 1. The highest BCUT2D eigenvalue weighted by Gasteiger charge is 2.44. The van der Waals surface area contributed by atoms with Crippen molar-refractivity contribution in [2.75, 3.05) is 18.1 Å². The van der Waals surface area contributed by atoms with Gasteiger partial charge in [0.15, 0.2) is 22.7 Å². The molecule has 1 atom stereocenters. The number of carbonyl (C=O) groups excluding carboxylic acids is 2. The van der Waals surface area contributed by atoms with Gasteiger partial charge in [-0.3, -0.25) is 19.3 Å². The Hall–Kier alpha value is -4.46. The van der Waals surface area contributed by atoms with Crippen molar-refractivity contribution in [3.8, 4) is 11.5 Å². The van der Waals surface area contributed by atoms with E-state index in [1.54, 1.807) is 42.5 Å². The number of carbonyl (C=O) groups is 2. The van der Waals surface area contributed by atoms with Gasteiger partial charge in [0.1, 0.15) is 11.4 Å². The van der Waals surface area contributed by atoms with Gasteiger partial charge in [0.05, 0.1) is 30.2 Å². The van der Waals surface area contributed by atoms with Gasteiger partial charge in [-0.05, 0) is 80.9 Å². The monoisotopic (exact) mass is 501 g/mol. The summed E-state index contributed by atoms with van der Waals surface area (Å²) in [5, 5.41) is 0.0429. The predicted octanol–water partition coefficient (Wildman–Crippen LogP) is 5.68. The van der Waals surface area contributed by atoms with E-state index in [0.717, 1.165) is 6.07 Å². The number of hydrogen-bond donors (Lipinski definition) is 0. The minimum Gasteiger partial charge on any atom is -0.490 e. The van der Waals surface area contributed by atoms with Crippen LogP contribution in [-0.2, 0) is 0 Å². The number of amides is 1. The van der Waals surface area contributed by atoms with E-state index in [0.29, 0.717) is 41.5 Å². The highest BCUT2D eigenvalue weighted by molar-refractivity contribution is 6.11. The summed E-state index contributed by atoms with van der Waals surface area (Å²) < 4.78 is 31.4. The van der Waals surface area contributed by atoms with Gasteiger partial charge in [-0.2, -0.15) is 0 Å². The molecule has 188 valence electrons. The van der Waals surface area contributed by atoms with E-state index in [1.165, 1.54) is 24.0 Å². The third kappa shape index (κ3) is 4.14. The average molecular weight is 502 g/mol. The molecule has 4 aromatic rings. The summed E-state index contributed by atoms with van der Waals surface area (Å²) in [6.07, 6.45) is 0. The summed E-state index contributed by atoms with van der Waals surface area (Å²) >= 11 is 0. The molecule has 37 heavy (non-hydrogen) atoms. The molecule has 1 aliphatic rings. The summed E-state index contributed by atoms with van der Waals surface area (Å²) in [5.41, 5.74) is 1.26. The van der Waals surface area contributed by atoms with E-state index < -0.39 is 23.2 Å². The number of rotatable bonds is 7. The Bertz CT molecular complexity index is 1590. The zero-order chi connectivity index (χ0) is 26.3. The van der Waals surface area contributed by atoms with Crippen LogP contribution >= 0.6 is 0 Å². The molecule has 0 bridgehead atoms. The van der Waals surface area contributed by atoms with Crippen LogP contribution in [0.5, 0.6) is 11.5 Å². The lowest BCUT2D eigenvalue weighted by Gasteiger charge is -2.26. The van der Waals surface area contributed by atoms with E-state index in [9.17, 15) is 18.8 Å². The zero-order valence-electron chi connectivity index (χ0n) is 20.5. The van der Waals surface area contributed by atoms with Crippen molar-refractivity contribution in [3.63, 3.8) is 0 Å². The van der Waals surface area contributed by atoms with Crippen molar-refractivity contribution in [1.82, 2.24) is 0 Å². The fourth-order valence-corrected chi connectivity index (χ4v) is 4.62. The highest BCUT2D eigenvalue weighted by atomic mass is 19.1. The molecule has 3 aromatic carbocycles. The Kier molecular flexibility index (Phi) is 6.25. The number of ketones is 1. The first-order valence-electron chi connectivity index (χ1n) is 11.9. The molecule has 0 N–H and O–H groups in total. The standard InChI is InChI=1S/C29H24FNO6/c1-4-35-23-12-8-18(14-24(23)36-5-2)26-25-27(33)21-15-19(30)9-13-22(21)37-28(25)29(34)31(26)20-10-6-17(7-11-20)16(3)32/h6-15,26H,4-5H2,1-3H3. The molecule has 0 saturated carbocycles. The van der Waals surface area contributed by atoms with Crippen LogP contribution in [0.25, 0.3) is 11.0 Å². The zero-order valence-corrected chi connectivity index (χ0v) is 20.5. The fraction of sp³-hybridized carbons (Fsp3) is 0.207. The van der Waals surface area contributed by atoms with Crippen molar-refractivity contribution in [2.45, 2.75) is 26.8 Å². The molecule has 1 aromatic heterocycles. The number of benzene rings is 3. The number of Topliss-reactive ketones (excluding diaryl/α,β-unsaturated/α-hetero) is 1. The third-order valence-corrected chi connectivity index (χ3v) is 6.27. The molecule has 1 unspecified atom stereocenters. The van der Waals surface area contributed by atoms with Gasteiger partial charge >= 0.3 is 0 Å². The van der Waals surface area contributed by atoms with Gasteiger partial charge < -0.3 is 13.9 Å². The van der Waals surface area contributed by atoms with Crippen LogP contribution in [0.1, 0.15) is 58.9 Å². The van der Waals surface area contributed by atoms with Crippen molar-refractivity contribution in [2.24, 2.45) is 0 Å². The largest absolute Gasteiger partial charge is 0.490 e. The highest BCUT2D eigenvalue weighted by Crippen LogP contribution is 2.43. The Morgan fingerprint density at radius 1 is 0.946 bits per heavy atom. The molecule has 1 aliphatic heterocycles. The summed E-state index contributed by atoms with van der Waals surface area (Å²) in [7, 11) is 0. The van der Waals surface area contributed by atoms with Gasteiger partial charge in [-0.15, -0.1) is 0 Å². The van der Waals surface area contributed by atoms with Crippen LogP contribution in [-0.4, -0.2) is 24.9 Å². The Balaban J connectivity index is 1.76. The van der Waals surface area contributed by atoms with E-state index in [-0.39, 0.29) is 28.1 Å². The molecular formula is C29H24FNO6. The van der Waals surface area contributed by atoms with Gasteiger partial charge in [-0.1, -0.05) is 6.07 Å². The Labute approximate surface area is 212 Å². The molecule has 8 heteroatoms. The normalized spacial score (nSPS) is 14.6. The first kappa shape index (κ1) is 24.2. The predicted molar refractivity (Wildman–Crippen MR) is 136 cm³/mol. The molecule has 0 fully saturated rings. The smallest absolute Gasteiger partial charge is 0.295 e. The van der Waals surface area contributed by atoms with Gasteiger partial charge in [-0.25, -0.2) is 4.39 Å². The van der Waals surface area contributed by atoms with Crippen molar-refractivity contribution >= 4 is 28.3 Å². The van der Waals surface area contributed by atoms with Gasteiger partial charge in [0.2, 0.25) is 5.76 Å². The maximum atomic E-state index is 14.0. The lowest BCUT2D eigenvalue weighted by atomic mass is 9.97. The van der Waals surface area contributed by atoms with Crippen LogP contribution in [0.2, 0.25) is 0 Å². The van der Waals surface area contributed by atoms with E-state index in [4.69, 9.17) is 13.9 Å². The summed E-state index contributed by atoms with van der Waals surface area (Å²) in [6, 6.07) is 14.5. The molecule has 0 saturated heterocycles. The Morgan fingerprint density at radius 3 is 2.32 bits per heavy atom. The van der Waals surface area contributed by atoms with E-state index in [1.807, 2.05) is 13.8 Å². The molecule has 0 radical (unpaired) electrons. The summed E-state index contributed by atoms with van der Waals surface area (Å²) in [4.78, 5) is 40.7. The minimum absolute atomic E-state index is 0.0429. The fourth-order valence-electron chi connectivity index (χ4n) is 4.62. The minimum atomic E-state index is -0.885. The summed E-state index contributed by atoms with van der Waals surface area (Å²) in [6.45, 7) is 5.97. The molecule has 5 rings (SSSR count). The van der Waals surface area contributed by atoms with Crippen molar-refractivity contribution < 1.29 is 27.9 Å². The maximum Gasteiger partial charge on any atom is 0.295 e. The number of anilines is 1. The van der Waals surface area contributed by atoms with E-state index >= 15 is 0 Å². The van der Waals surface area contributed by atoms with Gasteiger partial charge in [0.25, 0.3) is 5.91 Å². The third-order valence-electron chi connectivity index (χ3n) is 6.27. The lowest BCUT2D eigenvalue weighted by molar-refractivity contribution is 0.0970. The molecular weight excluding hydrogens is 477 g/mol. The first-order valence-corrected chi connectivity index (χ1v) is 11.9. The number of ether oxygens (including phenoxy) is 2. The van der Waals surface area contributed by atoms with Crippen LogP contribution in [0.4, 0.5) is 10.1 Å². The number of hydrogen-bond acceptors (Lipinski definition) is 6. The molecule has 0 aliphatic carbocycles. The molecule has 2 heterocycles. The second-order valence-corrected chi connectivity index (χ2v) is 8.57. The van der Waals surface area contributed by atoms with Crippen molar-refractivity contribution in [1.29, 1.82) is 0 Å². The Morgan fingerprint density at radius 2 is 1.65 bits per heavy atom. The topological polar surface area (TPSA) is 86.0 Å². The van der Waals surface area contributed by atoms with Crippen molar-refractivity contribution in [3.05, 3.63) is 99.2 Å². The average Bonchev–Trinajstić information content (AvgIpc) is 3.18. The first-order chi connectivity index (χ1) is 17.8. The second-order valence-electron chi connectivity index (χ2n) is 8.57. The van der Waals surface area contributed by atoms with Crippen LogP contribution < -0.4 is 19.8 Å². The quantitative estimate of drug-likeness (QED) is 0.303. The van der Waals surface area contributed by atoms with Crippen LogP contribution in [0.15, 0.2) is 69.9 Å². The second kappa shape index (κ2) is 9.54. The number of halogens is 1. The van der Waals surface area contributed by atoms with E-state index in [2.05, 4.69) is 0 Å². The van der Waals surface area contributed by atoms with Crippen LogP contribution in [0, 0.1) is 5.82 Å². The molecule has 1 amide bonds. The SMILES string of the molecule is CCOc1ccc(C2c3c(oc4ccc(F)cc4c3=O)C(=O)N2c2ccc(C(C)=O)cc2)cc1OCC. The lowest BCUT2D eigenvalue weighted by Crippen LogP contribution is -2.29. The van der Waals surface area contributed by atoms with Crippen LogP contribution in [0.3, 0.4) is 0 Å². The van der Waals surface area contributed by atoms with Gasteiger partial charge in [0, 0.05) is 11.3 Å². The summed E-state index contributed by atoms with van der Waals surface area (Å²) in [5.74, 6) is -0.343. The maximum absolute atomic E-state index is 14.0. The number of fused-ring (bicyclic) bond motifs is 2.